The molecule has 8 aliphatic rings. The van der Waals surface area contributed by atoms with E-state index >= 15 is 0 Å². The summed E-state index contributed by atoms with van der Waals surface area (Å²) in [6.07, 6.45) is 18.9. The van der Waals surface area contributed by atoms with Crippen molar-refractivity contribution in [2.75, 3.05) is 0 Å². The highest BCUT2D eigenvalue weighted by molar-refractivity contribution is 7.60. The van der Waals surface area contributed by atoms with Gasteiger partial charge in [-0.25, -0.2) is 0 Å². The van der Waals surface area contributed by atoms with Gasteiger partial charge in [-0.15, -0.1) is 0 Å². The van der Waals surface area contributed by atoms with Gasteiger partial charge in [-0.05, 0) is 157 Å². The van der Waals surface area contributed by atoms with Crippen LogP contribution in [-0.2, 0) is 12.3 Å². The fourth-order valence-electron chi connectivity index (χ4n) is 12.0. The second-order valence-corrected chi connectivity index (χ2v) is 23.6. The Morgan fingerprint density at radius 1 is 0.526 bits per heavy atom. The molecule has 0 aromatic heterocycles. The average Bonchev–Trinajstić information content (AvgIpc) is 2.80. The van der Waals surface area contributed by atoms with Gasteiger partial charge in [0.1, 0.15) is 0 Å². The monoisotopic (exact) mass is 550 g/mol. The zero-order valence-electron chi connectivity index (χ0n) is 25.5. The molecular weight excluding hydrogens is 494 g/mol. The summed E-state index contributed by atoms with van der Waals surface area (Å²) < 4.78 is 0. The summed E-state index contributed by atoms with van der Waals surface area (Å²) in [5.74, 6) is 8.84. The average molecular weight is 551 g/mol. The molecule has 9 rings (SSSR count). The molecule has 0 amide bonds. The van der Waals surface area contributed by atoms with Gasteiger partial charge in [0.15, 0.2) is 0 Å². The molecule has 0 N–H and O–H groups in total. The Balaban J connectivity index is 1.23. The minimum absolute atomic E-state index is 0.0731. The van der Waals surface area contributed by atoms with E-state index in [2.05, 4.69) is 65.8 Å². The Morgan fingerprint density at radius 3 is 1.21 bits per heavy atom. The lowest BCUT2D eigenvalue weighted by molar-refractivity contribution is 0.0129. The van der Waals surface area contributed by atoms with Crippen molar-refractivity contribution in [3.63, 3.8) is 0 Å². The van der Waals surface area contributed by atoms with Gasteiger partial charge in [0.25, 0.3) is 0 Å². The van der Waals surface area contributed by atoms with Crippen LogP contribution in [0.5, 0.6) is 0 Å². The summed E-state index contributed by atoms with van der Waals surface area (Å²) in [4.78, 5) is 0. The molecule has 0 nitrogen and oxygen atoms in total. The van der Waals surface area contributed by atoms with E-state index in [1.807, 2.05) is 0 Å². The molecule has 0 unspecified atom stereocenters. The topological polar surface area (TPSA) is 0 Å². The molecule has 1 aromatic rings. The first-order valence-corrected chi connectivity index (χ1v) is 19.8. The van der Waals surface area contributed by atoms with Gasteiger partial charge < -0.3 is 0 Å². The maximum Gasteiger partial charge on any atom is -0.00608 e. The summed E-state index contributed by atoms with van der Waals surface area (Å²) in [7, 11) is -0.0284. The summed E-state index contributed by atoms with van der Waals surface area (Å²) in [5, 5.41) is 0.794. The van der Waals surface area contributed by atoms with Crippen LogP contribution < -0.4 is 0 Å². The maximum absolute atomic E-state index is 2.61. The summed E-state index contributed by atoms with van der Waals surface area (Å²) in [6, 6.07) is 9.93. The lowest BCUT2D eigenvalue weighted by atomic mass is 9.55. The smallest absolute Gasteiger partial charge is 0.00608 e. The number of hydrogen-bond acceptors (Lipinski definition) is 0. The Hall–Kier alpha value is 0.0800. The van der Waals surface area contributed by atoms with Gasteiger partial charge in [0, 0.05) is 0 Å². The minimum Gasteiger partial charge on any atom is -0.0947 e. The van der Waals surface area contributed by atoms with Gasteiger partial charge in [-0.1, -0.05) is 81.7 Å². The third kappa shape index (κ3) is 4.91. The lowest BCUT2D eigenvalue weighted by Crippen LogP contribution is -2.52. The predicted molar refractivity (Wildman–Crippen MR) is 169 cm³/mol. The molecule has 8 bridgehead atoms. The number of benzene rings is 1. The molecule has 0 atom stereocenters. The predicted octanol–water partition coefficient (Wildman–Crippen LogP) is 10.9. The molecule has 0 saturated heterocycles. The first kappa shape index (κ1) is 26.9. The van der Waals surface area contributed by atoms with E-state index in [9.17, 15) is 0 Å². The third-order valence-corrected chi connectivity index (χ3v) is 20.4. The highest BCUT2D eigenvalue weighted by atomic mass is 31.1. The molecule has 8 aliphatic carbocycles. The van der Waals surface area contributed by atoms with Crippen molar-refractivity contribution < 1.29 is 0 Å². The molecule has 0 heterocycles. The first-order valence-electron chi connectivity index (χ1n) is 16.6. The van der Waals surface area contributed by atoms with Crippen LogP contribution in [0, 0.1) is 47.3 Å². The van der Waals surface area contributed by atoms with Gasteiger partial charge in [-0.3, -0.25) is 0 Å². The van der Waals surface area contributed by atoms with Crippen LogP contribution >= 0.6 is 15.8 Å². The minimum atomic E-state index is -0.101. The van der Waals surface area contributed by atoms with Crippen molar-refractivity contribution in [3.05, 3.63) is 35.4 Å². The van der Waals surface area contributed by atoms with E-state index in [1.165, 1.54) is 12.3 Å². The van der Waals surface area contributed by atoms with Crippen molar-refractivity contribution in [2.24, 2.45) is 47.3 Å². The van der Waals surface area contributed by atoms with Crippen molar-refractivity contribution in [1.29, 1.82) is 0 Å². The summed E-state index contributed by atoms with van der Waals surface area (Å²) in [6.45, 7) is 15.1. The van der Waals surface area contributed by atoms with Crippen LogP contribution in [-0.4, -0.2) is 21.6 Å². The van der Waals surface area contributed by atoms with E-state index in [1.54, 1.807) is 75.3 Å². The third-order valence-electron chi connectivity index (χ3n) is 12.5. The van der Waals surface area contributed by atoms with Gasteiger partial charge in [-0.2, -0.15) is 0 Å². The Kier molecular flexibility index (Phi) is 6.97. The quantitative estimate of drug-likeness (QED) is 0.309. The lowest BCUT2D eigenvalue weighted by Gasteiger charge is -2.62. The van der Waals surface area contributed by atoms with Crippen molar-refractivity contribution >= 4 is 15.8 Å². The van der Waals surface area contributed by atoms with Gasteiger partial charge in [0.2, 0.25) is 0 Å². The zero-order valence-corrected chi connectivity index (χ0v) is 27.3. The van der Waals surface area contributed by atoms with Crippen LogP contribution in [0.3, 0.4) is 0 Å². The van der Waals surface area contributed by atoms with Crippen molar-refractivity contribution in [2.45, 2.75) is 140 Å². The molecule has 0 radical (unpaired) electrons. The van der Waals surface area contributed by atoms with E-state index in [0.717, 1.165) is 58.7 Å². The maximum atomic E-state index is 2.61. The van der Waals surface area contributed by atoms with E-state index < -0.39 is 0 Å². The largest absolute Gasteiger partial charge is 0.0947 e. The van der Waals surface area contributed by atoms with Crippen LogP contribution in [0.1, 0.15) is 117 Å². The normalized spacial score (nSPS) is 42.3. The molecule has 38 heavy (non-hydrogen) atoms. The molecular formula is C36H56P2. The van der Waals surface area contributed by atoms with Crippen molar-refractivity contribution in [1.82, 2.24) is 0 Å². The Bertz CT molecular complexity index is 899. The molecule has 0 aliphatic heterocycles. The fraction of sp³-hybridized carbons (Fsp3) is 0.833. The summed E-state index contributed by atoms with van der Waals surface area (Å²) in [5.41, 5.74) is 5.76. The molecule has 8 fully saturated rings. The second-order valence-electron chi connectivity index (χ2n) is 17.2. The van der Waals surface area contributed by atoms with Crippen LogP contribution in [0.2, 0.25) is 0 Å². The Labute approximate surface area is 237 Å². The SMILES string of the molecule is CC(C)(C)P(Cc1ccccc1CP(C1C2CC3CC(C2)CC1C3)C1C2CC3CC(C2)CC1C3)C(C)(C)C. The van der Waals surface area contributed by atoms with E-state index in [4.69, 9.17) is 0 Å². The Morgan fingerprint density at radius 2 is 0.868 bits per heavy atom. The molecule has 8 saturated carbocycles. The van der Waals surface area contributed by atoms with Gasteiger partial charge >= 0.3 is 0 Å². The van der Waals surface area contributed by atoms with E-state index in [-0.39, 0.29) is 15.8 Å². The molecule has 0 spiro atoms. The first-order chi connectivity index (χ1) is 18.0. The van der Waals surface area contributed by atoms with Gasteiger partial charge in [0.05, 0.1) is 0 Å². The standard InChI is InChI=1S/C36H56P2/c1-35(2,3)38(36(4,5)6)22-28-10-8-7-9-27(28)21-37(33-29-13-23-11-24(15-29)16-30(33)14-23)34-31-17-25-12-26(19-31)20-32(34)18-25/h7-10,23-26,29-34H,11-22H2,1-6H3. The fourth-order valence-corrected chi connectivity index (χ4v) is 20.3. The molecule has 210 valence electrons. The second kappa shape index (κ2) is 9.83. The van der Waals surface area contributed by atoms with Crippen LogP contribution in [0.25, 0.3) is 0 Å². The number of hydrogen-bond donors (Lipinski definition) is 0. The molecule has 2 heteroatoms. The van der Waals surface area contributed by atoms with Crippen molar-refractivity contribution in [3.8, 4) is 0 Å². The zero-order chi connectivity index (χ0) is 26.4. The number of rotatable bonds is 6. The summed E-state index contributed by atoms with van der Waals surface area (Å²) >= 11 is 0. The van der Waals surface area contributed by atoms with Crippen LogP contribution in [0.4, 0.5) is 0 Å². The van der Waals surface area contributed by atoms with Crippen LogP contribution in [0.15, 0.2) is 24.3 Å². The highest BCUT2D eigenvalue weighted by Crippen LogP contribution is 2.72. The van der Waals surface area contributed by atoms with E-state index in [0.29, 0.717) is 10.3 Å². The highest BCUT2D eigenvalue weighted by Gasteiger charge is 2.56. The molecule has 1 aromatic carbocycles.